The summed E-state index contributed by atoms with van der Waals surface area (Å²) in [6.45, 7) is 2.00. The number of hydrogen-bond acceptors (Lipinski definition) is 2. The molecular weight excluding hydrogens is 304 g/mol. The first-order valence-electron chi connectivity index (χ1n) is 7.00. The van der Waals surface area contributed by atoms with Crippen molar-refractivity contribution in [3.63, 3.8) is 0 Å². The molecule has 102 valence electrons. The summed E-state index contributed by atoms with van der Waals surface area (Å²) in [5.41, 5.74) is 1.09. The summed E-state index contributed by atoms with van der Waals surface area (Å²) in [7, 11) is 0. The molecule has 2 bridgehead atoms. The van der Waals surface area contributed by atoms with Crippen LogP contribution >= 0.6 is 15.9 Å². The van der Waals surface area contributed by atoms with Gasteiger partial charge in [-0.05, 0) is 43.5 Å². The molecule has 1 aromatic rings. The standard InChI is InChI=1S/C15H19BrN2O/c16-12-3-1-2-11(8-12)9-15(19)18-13-4-5-14(18)10-17-7-6-13/h1-3,8,13-14,17H,4-7,9-10H2. The molecule has 2 saturated heterocycles. The molecule has 2 heterocycles. The second-order valence-corrected chi connectivity index (χ2v) is 6.40. The first-order chi connectivity index (χ1) is 9.24. The summed E-state index contributed by atoms with van der Waals surface area (Å²) >= 11 is 3.46. The van der Waals surface area contributed by atoms with Crippen molar-refractivity contribution < 1.29 is 4.79 Å². The van der Waals surface area contributed by atoms with Crippen LogP contribution in [0.25, 0.3) is 0 Å². The Bertz CT molecular complexity index is 463. The normalized spacial score (nSPS) is 26.3. The van der Waals surface area contributed by atoms with Gasteiger partial charge in [0.2, 0.25) is 5.91 Å². The van der Waals surface area contributed by atoms with E-state index in [1.165, 1.54) is 6.42 Å². The van der Waals surface area contributed by atoms with Crippen molar-refractivity contribution in [1.29, 1.82) is 0 Å². The van der Waals surface area contributed by atoms with Crippen LogP contribution in [-0.2, 0) is 11.2 Å². The van der Waals surface area contributed by atoms with Crippen molar-refractivity contribution in [2.45, 2.75) is 37.8 Å². The largest absolute Gasteiger partial charge is 0.335 e. The van der Waals surface area contributed by atoms with E-state index in [4.69, 9.17) is 0 Å². The number of amides is 1. The molecule has 0 aliphatic carbocycles. The summed E-state index contributed by atoms with van der Waals surface area (Å²) in [5.74, 6) is 0.286. The van der Waals surface area contributed by atoms with Crippen LogP contribution in [0.2, 0.25) is 0 Å². The highest BCUT2D eigenvalue weighted by Gasteiger charge is 2.37. The molecule has 0 saturated carbocycles. The van der Waals surface area contributed by atoms with Crippen molar-refractivity contribution in [1.82, 2.24) is 10.2 Å². The third-order valence-corrected chi connectivity index (χ3v) is 4.68. The number of nitrogens with zero attached hydrogens (tertiary/aromatic N) is 1. The first-order valence-corrected chi connectivity index (χ1v) is 7.79. The lowest BCUT2D eigenvalue weighted by Gasteiger charge is -2.28. The number of carbonyl (C=O) groups excluding carboxylic acids is 1. The van der Waals surface area contributed by atoms with Gasteiger partial charge in [-0.2, -0.15) is 0 Å². The van der Waals surface area contributed by atoms with Gasteiger partial charge in [0, 0.05) is 23.1 Å². The van der Waals surface area contributed by atoms with Crippen molar-refractivity contribution in [3.8, 4) is 0 Å². The fourth-order valence-electron chi connectivity index (χ4n) is 3.30. The fraction of sp³-hybridized carbons (Fsp3) is 0.533. The molecule has 1 aromatic carbocycles. The molecular formula is C15H19BrN2O. The molecule has 19 heavy (non-hydrogen) atoms. The molecule has 2 fully saturated rings. The average molecular weight is 323 g/mol. The second-order valence-electron chi connectivity index (χ2n) is 5.49. The maximum Gasteiger partial charge on any atom is 0.227 e. The highest BCUT2D eigenvalue weighted by Crippen LogP contribution is 2.28. The zero-order valence-corrected chi connectivity index (χ0v) is 12.5. The minimum atomic E-state index is 0.286. The van der Waals surface area contributed by atoms with Crippen molar-refractivity contribution in [2.24, 2.45) is 0 Å². The van der Waals surface area contributed by atoms with E-state index in [0.717, 1.165) is 36.0 Å². The number of halogens is 1. The number of carbonyl (C=O) groups is 1. The lowest BCUT2D eigenvalue weighted by molar-refractivity contribution is -0.133. The van der Waals surface area contributed by atoms with Crippen molar-refractivity contribution in [2.75, 3.05) is 13.1 Å². The quantitative estimate of drug-likeness (QED) is 0.906. The van der Waals surface area contributed by atoms with Crippen LogP contribution in [0.4, 0.5) is 0 Å². The van der Waals surface area contributed by atoms with Crippen LogP contribution in [0.15, 0.2) is 28.7 Å². The molecule has 2 atom stereocenters. The second kappa shape index (κ2) is 5.63. The summed E-state index contributed by atoms with van der Waals surface area (Å²) in [6.07, 6.45) is 3.95. The van der Waals surface area contributed by atoms with Gasteiger partial charge in [0.1, 0.15) is 0 Å². The Hall–Kier alpha value is -0.870. The van der Waals surface area contributed by atoms with Gasteiger partial charge in [0.05, 0.1) is 6.42 Å². The molecule has 0 radical (unpaired) electrons. The summed E-state index contributed by atoms with van der Waals surface area (Å²) in [4.78, 5) is 14.7. The molecule has 0 spiro atoms. The minimum absolute atomic E-state index is 0.286. The Labute approximate surface area is 122 Å². The highest BCUT2D eigenvalue weighted by atomic mass is 79.9. The fourth-order valence-corrected chi connectivity index (χ4v) is 3.75. The van der Waals surface area contributed by atoms with Gasteiger partial charge in [-0.1, -0.05) is 28.1 Å². The van der Waals surface area contributed by atoms with Crippen LogP contribution in [0.3, 0.4) is 0 Å². The van der Waals surface area contributed by atoms with E-state index in [-0.39, 0.29) is 5.91 Å². The summed E-state index contributed by atoms with van der Waals surface area (Å²) in [5, 5.41) is 3.44. The molecule has 0 aromatic heterocycles. The van der Waals surface area contributed by atoms with Gasteiger partial charge < -0.3 is 10.2 Å². The maximum absolute atomic E-state index is 12.6. The van der Waals surface area contributed by atoms with Crippen LogP contribution in [0.1, 0.15) is 24.8 Å². The average Bonchev–Trinajstić information content (AvgIpc) is 2.63. The molecule has 1 N–H and O–H groups in total. The molecule has 2 unspecified atom stereocenters. The van der Waals surface area contributed by atoms with E-state index in [0.29, 0.717) is 18.5 Å². The zero-order valence-electron chi connectivity index (χ0n) is 10.9. The van der Waals surface area contributed by atoms with Crippen LogP contribution in [0.5, 0.6) is 0 Å². The van der Waals surface area contributed by atoms with E-state index in [1.54, 1.807) is 0 Å². The van der Waals surface area contributed by atoms with E-state index in [1.807, 2.05) is 24.3 Å². The predicted octanol–water partition coefficient (Wildman–Crippen LogP) is 2.34. The van der Waals surface area contributed by atoms with E-state index in [2.05, 4.69) is 26.1 Å². The van der Waals surface area contributed by atoms with Crippen molar-refractivity contribution >= 4 is 21.8 Å². The van der Waals surface area contributed by atoms with Crippen molar-refractivity contribution in [3.05, 3.63) is 34.3 Å². The molecule has 4 heteroatoms. The van der Waals surface area contributed by atoms with E-state index in [9.17, 15) is 4.79 Å². The number of nitrogens with one attached hydrogen (secondary N) is 1. The molecule has 3 nitrogen and oxygen atoms in total. The Morgan fingerprint density at radius 1 is 1.32 bits per heavy atom. The molecule has 2 aliphatic heterocycles. The SMILES string of the molecule is O=C(Cc1cccc(Br)c1)N1C2CCNCC1CC2. The maximum atomic E-state index is 12.6. The molecule has 3 rings (SSSR count). The smallest absolute Gasteiger partial charge is 0.227 e. The Balaban J connectivity index is 1.73. The minimum Gasteiger partial charge on any atom is -0.335 e. The van der Waals surface area contributed by atoms with Gasteiger partial charge in [-0.3, -0.25) is 4.79 Å². The Morgan fingerprint density at radius 3 is 3.00 bits per heavy atom. The molecule has 1 amide bonds. The summed E-state index contributed by atoms with van der Waals surface area (Å²) in [6, 6.07) is 8.92. The number of hydrogen-bond donors (Lipinski definition) is 1. The van der Waals surface area contributed by atoms with E-state index >= 15 is 0 Å². The number of rotatable bonds is 2. The van der Waals surface area contributed by atoms with Gasteiger partial charge in [-0.15, -0.1) is 0 Å². The van der Waals surface area contributed by atoms with Crippen LogP contribution in [-0.4, -0.2) is 36.0 Å². The lowest BCUT2D eigenvalue weighted by Crippen LogP contribution is -2.43. The number of fused-ring (bicyclic) bond motifs is 2. The lowest BCUT2D eigenvalue weighted by atomic mass is 10.1. The van der Waals surface area contributed by atoms with Crippen LogP contribution in [0, 0.1) is 0 Å². The predicted molar refractivity (Wildman–Crippen MR) is 79.0 cm³/mol. The third-order valence-electron chi connectivity index (χ3n) is 4.19. The zero-order chi connectivity index (χ0) is 13.2. The molecule has 2 aliphatic rings. The summed E-state index contributed by atoms with van der Waals surface area (Å²) < 4.78 is 1.04. The first kappa shape index (κ1) is 13.1. The number of benzene rings is 1. The van der Waals surface area contributed by atoms with Gasteiger partial charge in [-0.25, -0.2) is 0 Å². The highest BCUT2D eigenvalue weighted by molar-refractivity contribution is 9.10. The van der Waals surface area contributed by atoms with Crippen LogP contribution < -0.4 is 5.32 Å². The van der Waals surface area contributed by atoms with Gasteiger partial charge in [0.15, 0.2) is 0 Å². The monoisotopic (exact) mass is 322 g/mol. The third kappa shape index (κ3) is 2.84. The van der Waals surface area contributed by atoms with E-state index < -0.39 is 0 Å². The van der Waals surface area contributed by atoms with Gasteiger partial charge in [0.25, 0.3) is 0 Å². The Kier molecular flexibility index (Phi) is 3.89. The Morgan fingerprint density at radius 2 is 2.16 bits per heavy atom. The topological polar surface area (TPSA) is 32.3 Å². The van der Waals surface area contributed by atoms with Gasteiger partial charge >= 0.3 is 0 Å².